The molecule has 3 rings (SSSR count). The van der Waals surface area contributed by atoms with Gasteiger partial charge in [-0.3, -0.25) is 4.79 Å². The zero-order valence-corrected chi connectivity index (χ0v) is 13.8. The van der Waals surface area contributed by atoms with Crippen molar-refractivity contribution in [3.8, 4) is 5.75 Å². The van der Waals surface area contributed by atoms with E-state index in [0.717, 1.165) is 11.3 Å². The summed E-state index contributed by atoms with van der Waals surface area (Å²) >= 11 is 1.27. The molecule has 1 saturated heterocycles. The van der Waals surface area contributed by atoms with Gasteiger partial charge in [-0.2, -0.15) is 0 Å². The molecule has 1 heterocycles. The van der Waals surface area contributed by atoms with Crippen LogP contribution in [-0.2, 0) is 9.59 Å². The minimum atomic E-state index is -1.03. The van der Waals surface area contributed by atoms with Gasteiger partial charge in [0.2, 0.25) is 0 Å². The lowest BCUT2D eigenvalue weighted by molar-refractivity contribution is -0.139. The molecule has 0 aromatic heterocycles. The average Bonchev–Trinajstić information content (AvgIpc) is 2.94. The maximum Gasteiger partial charge on any atom is 0.341 e. The van der Waals surface area contributed by atoms with Crippen LogP contribution < -0.4 is 10.1 Å². The summed E-state index contributed by atoms with van der Waals surface area (Å²) in [6.45, 7) is -0.391. The summed E-state index contributed by atoms with van der Waals surface area (Å²) in [5.74, 6) is -0.777. The fourth-order valence-electron chi connectivity index (χ4n) is 2.06. The number of nitrogens with one attached hydrogen (secondary N) is 1. The lowest BCUT2D eigenvalue weighted by Gasteiger charge is -2.03. The molecule has 25 heavy (non-hydrogen) atoms. The third-order valence-corrected chi connectivity index (χ3v) is 4.09. The summed E-state index contributed by atoms with van der Waals surface area (Å²) in [5, 5.41) is 11.8. The van der Waals surface area contributed by atoms with Gasteiger partial charge < -0.3 is 15.2 Å². The molecule has 7 heteroatoms. The van der Waals surface area contributed by atoms with E-state index in [2.05, 4.69) is 10.3 Å². The highest BCUT2D eigenvalue weighted by atomic mass is 32.2. The number of carbonyl (C=O) groups excluding carboxylic acids is 1. The average molecular weight is 354 g/mol. The Morgan fingerprint density at radius 3 is 2.56 bits per heavy atom. The van der Waals surface area contributed by atoms with Gasteiger partial charge >= 0.3 is 5.97 Å². The van der Waals surface area contributed by atoms with Gasteiger partial charge in [0.05, 0.1) is 10.6 Å². The Balaban J connectivity index is 1.70. The van der Waals surface area contributed by atoms with Crippen LogP contribution in [0.3, 0.4) is 0 Å². The first-order chi connectivity index (χ1) is 12.1. The summed E-state index contributed by atoms with van der Waals surface area (Å²) in [5.41, 5.74) is 1.58. The molecule has 126 valence electrons. The van der Waals surface area contributed by atoms with Crippen molar-refractivity contribution >= 4 is 40.6 Å². The molecule has 2 aromatic carbocycles. The lowest BCUT2D eigenvalue weighted by Crippen LogP contribution is -2.19. The SMILES string of the molecule is O=C(O)COc1ccc(/C=C2\SC(=Nc3ccccc3)NC2=O)cc1. The molecule has 0 saturated carbocycles. The number of nitrogens with zero attached hydrogens (tertiary/aromatic N) is 1. The maximum atomic E-state index is 12.1. The second-order valence-corrected chi connectivity index (χ2v) is 6.10. The summed E-state index contributed by atoms with van der Waals surface area (Å²) in [6, 6.07) is 16.2. The summed E-state index contributed by atoms with van der Waals surface area (Å²) < 4.78 is 5.07. The fraction of sp³-hybridized carbons (Fsp3) is 0.0556. The Hall–Kier alpha value is -3.06. The molecule has 0 unspecified atom stereocenters. The van der Waals surface area contributed by atoms with Crippen molar-refractivity contribution in [2.45, 2.75) is 0 Å². The Morgan fingerprint density at radius 1 is 1.16 bits per heavy atom. The second-order valence-electron chi connectivity index (χ2n) is 5.07. The monoisotopic (exact) mass is 354 g/mol. The third-order valence-electron chi connectivity index (χ3n) is 3.18. The van der Waals surface area contributed by atoms with Crippen LogP contribution in [0.5, 0.6) is 5.75 Å². The zero-order chi connectivity index (χ0) is 17.6. The number of para-hydroxylation sites is 1. The van der Waals surface area contributed by atoms with Crippen LogP contribution >= 0.6 is 11.8 Å². The Labute approximate surface area is 148 Å². The summed E-state index contributed by atoms with van der Waals surface area (Å²) in [6.07, 6.45) is 1.74. The van der Waals surface area contributed by atoms with Gasteiger partial charge in [-0.1, -0.05) is 30.3 Å². The number of aliphatic imine (C=N–C) groups is 1. The highest BCUT2D eigenvalue weighted by Crippen LogP contribution is 2.28. The van der Waals surface area contributed by atoms with Crippen molar-refractivity contribution in [1.82, 2.24) is 5.32 Å². The molecule has 1 aliphatic rings. The van der Waals surface area contributed by atoms with Crippen molar-refractivity contribution in [2.24, 2.45) is 4.99 Å². The largest absolute Gasteiger partial charge is 0.482 e. The fourth-order valence-corrected chi connectivity index (χ4v) is 2.90. The highest BCUT2D eigenvalue weighted by Gasteiger charge is 2.23. The zero-order valence-electron chi connectivity index (χ0n) is 13.0. The molecule has 0 radical (unpaired) electrons. The molecule has 0 atom stereocenters. The number of hydrogen-bond donors (Lipinski definition) is 2. The highest BCUT2D eigenvalue weighted by molar-refractivity contribution is 8.18. The number of benzene rings is 2. The van der Waals surface area contributed by atoms with Gasteiger partial charge in [-0.05, 0) is 47.7 Å². The van der Waals surface area contributed by atoms with Crippen molar-refractivity contribution in [1.29, 1.82) is 0 Å². The van der Waals surface area contributed by atoms with Gasteiger partial charge in [0.1, 0.15) is 5.75 Å². The van der Waals surface area contributed by atoms with Crippen molar-refractivity contribution in [2.75, 3.05) is 6.61 Å². The van der Waals surface area contributed by atoms with E-state index in [1.54, 1.807) is 30.3 Å². The van der Waals surface area contributed by atoms with Crippen molar-refractivity contribution < 1.29 is 19.4 Å². The number of aliphatic carboxylic acids is 1. The Bertz CT molecular complexity index is 845. The third kappa shape index (κ3) is 4.71. The molecule has 2 N–H and O–H groups in total. The number of carboxylic acids is 1. The standard InChI is InChI=1S/C18H14N2O4S/c21-16(22)11-24-14-8-6-12(7-9-14)10-15-17(23)20-18(25-15)19-13-4-2-1-3-5-13/h1-10H,11H2,(H,21,22)(H,19,20,23)/b15-10-. The number of carbonyl (C=O) groups is 2. The summed E-state index contributed by atoms with van der Waals surface area (Å²) in [4.78, 5) is 27.4. The van der Waals surface area contributed by atoms with Crippen LogP contribution in [0, 0.1) is 0 Å². The number of carboxylic acid groups (broad SMARTS) is 1. The Kier molecular flexibility index (Phi) is 5.15. The van der Waals surface area contributed by atoms with Gasteiger partial charge in [0.15, 0.2) is 11.8 Å². The second kappa shape index (κ2) is 7.67. The van der Waals surface area contributed by atoms with Crippen LogP contribution in [0.2, 0.25) is 0 Å². The van der Waals surface area contributed by atoms with Gasteiger partial charge in [-0.15, -0.1) is 0 Å². The normalized spacial score (nSPS) is 16.9. The van der Waals surface area contributed by atoms with Crippen LogP contribution in [0.15, 0.2) is 64.5 Å². The molecule has 6 nitrogen and oxygen atoms in total. The minimum absolute atomic E-state index is 0.203. The summed E-state index contributed by atoms with van der Waals surface area (Å²) in [7, 11) is 0. The van der Waals surface area contributed by atoms with Gasteiger partial charge in [-0.25, -0.2) is 9.79 Å². The first kappa shape index (κ1) is 16.8. The van der Waals surface area contributed by atoms with Crippen molar-refractivity contribution in [3.63, 3.8) is 0 Å². The molecule has 0 spiro atoms. The smallest absolute Gasteiger partial charge is 0.341 e. The lowest BCUT2D eigenvalue weighted by atomic mass is 10.2. The molecule has 1 aliphatic heterocycles. The molecule has 2 aromatic rings. The molecule has 1 fully saturated rings. The minimum Gasteiger partial charge on any atom is -0.482 e. The number of amidine groups is 1. The van der Waals surface area contributed by atoms with Crippen LogP contribution in [0.1, 0.15) is 5.56 Å². The molecule has 0 bridgehead atoms. The van der Waals surface area contributed by atoms with Crippen LogP contribution in [-0.4, -0.2) is 28.8 Å². The molecule has 0 aliphatic carbocycles. The van der Waals surface area contributed by atoms with E-state index in [4.69, 9.17) is 9.84 Å². The number of hydrogen-bond acceptors (Lipinski definition) is 5. The van der Waals surface area contributed by atoms with E-state index < -0.39 is 12.6 Å². The van der Waals surface area contributed by atoms with E-state index in [9.17, 15) is 9.59 Å². The first-order valence-electron chi connectivity index (χ1n) is 7.39. The van der Waals surface area contributed by atoms with E-state index >= 15 is 0 Å². The van der Waals surface area contributed by atoms with E-state index in [0.29, 0.717) is 15.8 Å². The predicted octanol–water partition coefficient (Wildman–Crippen LogP) is 3.04. The van der Waals surface area contributed by atoms with Crippen LogP contribution in [0.25, 0.3) is 6.08 Å². The quantitative estimate of drug-likeness (QED) is 0.806. The Morgan fingerprint density at radius 2 is 1.88 bits per heavy atom. The molecular formula is C18H14N2O4S. The first-order valence-corrected chi connectivity index (χ1v) is 8.21. The number of amides is 1. The molecule has 1 amide bonds. The van der Waals surface area contributed by atoms with Crippen LogP contribution in [0.4, 0.5) is 5.69 Å². The van der Waals surface area contributed by atoms with E-state index in [-0.39, 0.29) is 5.91 Å². The number of ether oxygens (including phenoxy) is 1. The van der Waals surface area contributed by atoms with E-state index in [1.807, 2.05) is 30.3 Å². The maximum absolute atomic E-state index is 12.1. The predicted molar refractivity (Wildman–Crippen MR) is 96.8 cm³/mol. The molecular weight excluding hydrogens is 340 g/mol. The van der Waals surface area contributed by atoms with Gasteiger partial charge in [0, 0.05) is 0 Å². The van der Waals surface area contributed by atoms with Gasteiger partial charge in [0.25, 0.3) is 5.91 Å². The van der Waals surface area contributed by atoms with E-state index in [1.165, 1.54) is 11.8 Å². The number of thioether (sulfide) groups is 1. The number of rotatable bonds is 5. The topological polar surface area (TPSA) is 88.0 Å². The van der Waals surface area contributed by atoms with Crippen molar-refractivity contribution in [3.05, 3.63) is 65.1 Å².